The number of aliphatic carboxylic acids is 1. The highest BCUT2D eigenvalue weighted by Gasteiger charge is 2.50. The van der Waals surface area contributed by atoms with Gasteiger partial charge in [0.15, 0.2) is 0 Å². The van der Waals surface area contributed by atoms with Crippen LogP contribution in [0.1, 0.15) is 59.3 Å². The fourth-order valence-corrected chi connectivity index (χ4v) is 3.83. The first-order valence-corrected chi connectivity index (χ1v) is 8.96. The maximum atomic E-state index is 11.5. The van der Waals surface area contributed by atoms with Crippen molar-refractivity contribution in [3.05, 3.63) is 34.4 Å². The zero-order valence-corrected chi connectivity index (χ0v) is 14.9. The number of carboxylic acids is 1. The smallest absolute Gasteiger partial charge is 0.331 e. The van der Waals surface area contributed by atoms with Crippen LogP contribution in [0.15, 0.2) is 34.4 Å². The molecule has 1 aliphatic carbocycles. The molecule has 24 heavy (non-hydrogen) atoms. The van der Waals surface area contributed by atoms with Crippen molar-refractivity contribution < 1.29 is 19.4 Å². The van der Waals surface area contributed by atoms with Gasteiger partial charge in [-0.25, -0.2) is 4.79 Å². The predicted octanol–water partition coefficient (Wildman–Crippen LogP) is 4.17. The third-order valence-corrected chi connectivity index (χ3v) is 5.61. The number of rotatable bonds is 1. The maximum Gasteiger partial charge on any atom is 0.331 e. The van der Waals surface area contributed by atoms with Gasteiger partial charge in [-0.15, -0.1) is 0 Å². The Labute approximate surface area is 144 Å². The van der Waals surface area contributed by atoms with Crippen molar-refractivity contribution in [3.63, 3.8) is 0 Å². The standard InChI is InChI=1S/C20H28O4/c1-13-6-9-18-20(3,24-18)10-4-5-15(19(21)22)7-8-16-14(2)12-23-17(16)11-13/h5,11,17-18H,4,6-10,12H2,1-3H3,(H,21,22)/b13-11-,15-5+/t17-,18-,20-/m0/s1. The molecule has 0 spiro atoms. The monoisotopic (exact) mass is 332 g/mol. The Kier molecular flexibility index (Phi) is 4.97. The first-order valence-electron chi connectivity index (χ1n) is 8.96. The summed E-state index contributed by atoms with van der Waals surface area (Å²) in [7, 11) is 0. The minimum absolute atomic E-state index is 0.00879. The number of ether oxygens (including phenoxy) is 2. The predicted molar refractivity (Wildman–Crippen MR) is 92.9 cm³/mol. The van der Waals surface area contributed by atoms with Gasteiger partial charge >= 0.3 is 5.97 Å². The highest BCUT2D eigenvalue weighted by atomic mass is 16.6. The van der Waals surface area contributed by atoms with E-state index in [2.05, 4.69) is 26.8 Å². The van der Waals surface area contributed by atoms with Crippen molar-refractivity contribution in [2.45, 2.75) is 77.1 Å². The van der Waals surface area contributed by atoms with Crippen LogP contribution in [-0.4, -0.2) is 35.5 Å². The molecule has 0 aromatic heterocycles. The summed E-state index contributed by atoms with van der Waals surface area (Å²) in [6, 6.07) is 0. The number of carboxylic acid groups (broad SMARTS) is 1. The van der Waals surface area contributed by atoms with Gasteiger partial charge < -0.3 is 14.6 Å². The Hall–Kier alpha value is -1.39. The first kappa shape index (κ1) is 17.4. The molecule has 0 aromatic carbocycles. The lowest BCUT2D eigenvalue weighted by atomic mass is 9.92. The van der Waals surface area contributed by atoms with Crippen LogP contribution < -0.4 is 0 Å². The number of allylic oxidation sites excluding steroid dienone is 2. The van der Waals surface area contributed by atoms with Gasteiger partial charge in [-0.3, -0.25) is 0 Å². The van der Waals surface area contributed by atoms with Crippen LogP contribution in [0, 0.1) is 0 Å². The summed E-state index contributed by atoms with van der Waals surface area (Å²) in [4.78, 5) is 11.5. The van der Waals surface area contributed by atoms with E-state index in [1.165, 1.54) is 16.7 Å². The summed E-state index contributed by atoms with van der Waals surface area (Å²) in [6.07, 6.45) is 9.45. The number of fused-ring (bicyclic) bond motifs is 2. The summed E-state index contributed by atoms with van der Waals surface area (Å²) in [5.41, 5.74) is 4.27. The second-order valence-electron chi connectivity index (χ2n) is 7.58. The third kappa shape index (κ3) is 3.81. The molecule has 3 atom stereocenters. The molecule has 4 nitrogen and oxygen atoms in total. The summed E-state index contributed by atoms with van der Waals surface area (Å²) in [5.74, 6) is -0.805. The summed E-state index contributed by atoms with van der Waals surface area (Å²) >= 11 is 0. The number of hydrogen-bond donors (Lipinski definition) is 1. The molecule has 0 unspecified atom stereocenters. The molecule has 0 bridgehead atoms. The molecule has 0 amide bonds. The van der Waals surface area contributed by atoms with Crippen molar-refractivity contribution in [2.24, 2.45) is 0 Å². The van der Waals surface area contributed by atoms with Gasteiger partial charge in [0.25, 0.3) is 0 Å². The molecular formula is C20H28O4. The molecule has 132 valence electrons. The van der Waals surface area contributed by atoms with Crippen LogP contribution in [0.25, 0.3) is 0 Å². The lowest BCUT2D eigenvalue weighted by molar-refractivity contribution is -0.132. The topological polar surface area (TPSA) is 59.1 Å². The first-order chi connectivity index (χ1) is 11.4. The molecule has 0 saturated carbocycles. The van der Waals surface area contributed by atoms with Crippen molar-refractivity contribution in [2.75, 3.05) is 6.61 Å². The van der Waals surface area contributed by atoms with Crippen molar-refractivity contribution in [1.82, 2.24) is 0 Å². The van der Waals surface area contributed by atoms with E-state index in [1.807, 2.05) is 6.08 Å². The highest BCUT2D eigenvalue weighted by molar-refractivity contribution is 5.86. The van der Waals surface area contributed by atoms with E-state index in [4.69, 9.17) is 9.47 Å². The van der Waals surface area contributed by atoms with E-state index in [0.717, 1.165) is 32.1 Å². The Bertz CT molecular complexity index is 613. The zero-order chi connectivity index (χ0) is 17.3. The van der Waals surface area contributed by atoms with Crippen LogP contribution in [0.2, 0.25) is 0 Å². The summed E-state index contributed by atoms with van der Waals surface area (Å²) in [6.45, 7) is 7.04. The SMILES string of the molecule is CC1=C2CC/C(C(=O)O)=C\CC[C@]3(C)O[C@H]3CC/C(C)=C\[C@@H]2OC1. The quantitative estimate of drug-likeness (QED) is 0.578. The average Bonchev–Trinajstić information content (AvgIpc) is 3.05. The molecule has 1 fully saturated rings. The summed E-state index contributed by atoms with van der Waals surface area (Å²) in [5, 5.41) is 9.47. The molecule has 2 aliphatic heterocycles. The van der Waals surface area contributed by atoms with Crippen molar-refractivity contribution >= 4 is 5.97 Å². The molecule has 1 N–H and O–H groups in total. The fourth-order valence-electron chi connectivity index (χ4n) is 3.83. The molecule has 3 rings (SSSR count). The number of epoxide rings is 1. The van der Waals surface area contributed by atoms with E-state index < -0.39 is 5.97 Å². The van der Waals surface area contributed by atoms with Gasteiger partial charge in [-0.1, -0.05) is 17.7 Å². The van der Waals surface area contributed by atoms with E-state index in [0.29, 0.717) is 24.7 Å². The van der Waals surface area contributed by atoms with Crippen LogP contribution in [0.5, 0.6) is 0 Å². The molecule has 3 aliphatic rings. The van der Waals surface area contributed by atoms with Crippen LogP contribution in [0.3, 0.4) is 0 Å². The largest absolute Gasteiger partial charge is 0.478 e. The number of carbonyl (C=O) groups is 1. The Morgan fingerprint density at radius 1 is 1.29 bits per heavy atom. The third-order valence-electron chi connectivity index (χ3n) is 5.61. The molecular weight excluding hydrogens is 304 g/mol. The average molecular weight is 332 g/mol. The Morgan fingerprint density at radius 3 is 2.83 bits per heavy atom. The van der Waals surface area contributed by atoms with Gasteiger partial charge in [0, 0.05) is 5.57 Å². The van der Waals surface area contributed by atoms with Crippen molar-refractivity contribution in [1.29, 1.82) is 0 Å². The van der Waals surface area contributed by atoms with E-state index >= 15 is 0 Å². The molecule has 2 heterocycles. The molecule has 0 aromatic rings. The van der Waals surface area contributed by atoms with Gasteiger partial charge in [-0.2, -0.15) is 0 Å². The minimum Gasteiger partial charge on any atom is -0.478 e. The fraction of sp³-hybridized carbons (Fsp3) is 0.650. The van der Waals surface area contributed by atoms with E-state index in [1.54, 1.807) is 0 Å². The molecule has 0 radical (unpaired) electrons. The van der Waals surface area contributed by atoms with E-state index in [-0.39, 0.29) is 11.7 Å². The van der Waals surface area contributed by atoms with Crippen LogP contribution in [-0.2, 0) is 14.3 Å². The number of hydrogen-bond acceptors (Lipinski definition) is 3. The van der Waals surface area contributed by atoms with E-state index in [9.17, 15) is 9.90 Å². The summed E-state index contributed by atoms with van der Waals surface area (Å²) < 4.78 is 11.8. The Morgan fingerprint density at radius 2 is 2.08 bits per heavy atom. The van der Waals surface area contributed by atoms with Crippen LogP contribution in [0.4, 0.5) is 0 Å². The minimum atomic E-state index is -0.805. The molecule has 1 saturated heterocycles. The van der Waals surface area contributed by atoms with Gasteiger partial charge in [0.05, 0.1) is 24.4 Å². The van der Waals surface area contributed by atoms with Gasteiger partial charge in [-0.05, 0) is 70.4 Å². The zero-order valence-electron chi connectivity index (χ0n) is 14.9. The second-order valence-corrected chi connectivity index (χ2v) is 7.58. The van der Waals surface area contributed by atoms with Gasteiger partial charge in [0.1, 0.15) is 0 Å². The van der Waals surface area contributed by atoms with Gasteiger partial charge in [0.2, 0.25) is 0 Å². The highest BCUT2D eigenvalue weighted by Crippen LogP contribution is 2.44. The lowest BCUT2D eigenvalue weighted by Gasteiger charge is -2.14. The molecule has 4 heteroatoms. The second kappa shape index (κ2) is 6.85. The maximum absolute atomic E-state index is 11.5. The lowest BCUT2D eigenvalue weighted by Crippen LogP contribution is -2.12. The van der Waals surface area contributed by atoms with Crippen molar-refractivity contribution in [3.8, 4) is 0 Å². The normalized spacial score (nSPS) is 39.0. The van der Waals surface area contributed by atoms with Crippen LogP contribution >= 0.6 is 0 Å². The Balaban J connectivity index is 1.81.